The van der Waals surface area contributed by atoms with Crippen LogP contribution in [0, 0.1) is 0 Å². The summed E-state index contributed by atoms with van der Waals surface area (Å²) < 4.78 is 19.2. The van der Waals surface area contributed by atoms with Crippen LogP contribution in [0.1, 0.15) is 10.4 Å². The second-order valence-electron chi connectivity index (χ2n) is 5.76. The summed E-state index contributed by atoms with van der Waals surface area (Å²) in [6.07, 6.45) is 0. The number of hydrogen-bond donors (Lipinski definition) is 0. The maximum atomic E-state index is 14.1. The minimum atomic E-state index is -3.66. The fourth-order valence-corrected chi connectivity index (χ4v) is 5.30. The normalized spacial score (nSPS) is 10.7. The van der Waals surface area contributed by atoms with Crippen LogP contribution < -0.4 is 15.3 Å². The summed E-state index contributed by atoms with van der Waals surface area (Å²) in [4.78, 5) is 16.3. The Kier molecular flexibility index (Phi) is 5.46. The number of ether oxygens (including phenoxy) is 1. The lowest BCUT2D eigenvalue weighted by Gasteiger charge is -2.14. The molecule has 3 rings (SSSR count). The zero-order valence-corrected chi connectivity index (χ0v) is 15.5. The van der Waals surface area contributed by atoms with Gasteiger partial charge >= 0.3 is 5.45 Å². The molecule has 0 unspecified atom stereocenters. The lowest BCUT2D eigenvalue weighted by atomic mass is 10.1. The molecular formula is C21H17N2O3P. The number of carbonyl (C=O) groups excluding carboxylic acids is 1. The first-order valence-corrected chi connectivity index (χ1v) is 9.94. The van der Waals surface area contributed by atoms with E-state index in [-0.39, 0.29) is 11.0 Å². The Morgan fingerprint density at radius 1 is 0.852 bits per heavy atom. The Morgan fingerprint density at radius 3 is 1.74 bits per heavy atom. The van der Waals surface area contributed by atoms with Crippen LogP contribution in [0.15, 0.2) is 84.9 Å². The van der Waals surface area contributed by atoms with Crippen molar-refractivity contribution in [3.8, 4) is 5.75 Å². The Hall–Kier alpha value is -3.26. The highest BCUT2D eigenvalue weighted by molar-refractivity contribution is 7.95. The highest BCUT2D eigenvalue weighted by atomic mass is 31.2. The van der Waals surface area contributed by atoms with E-state index in [1.54, 1.807) is 84.9 Å². The number of carbonyl (C=O) groups is 1. The molecule has 27 heavy (non-hydrogen) atoms. The Balaban J connectivity index is 2.17. The zero-order chi connectivity index (χ0) is 19.3. The number of Topliss-reactive ketones (excluding diaryl/α,β-unsaturated/α-hetero) is 1. The van der Waals surface area contributed by atoms with E-state index in [1.807, 2.05) is 0 Å². The van der Waals surface area contributed by atoms with Gasteiger partial charge < -0.3 is 14.8 Å². The van der Waals surface area contributed by atoms with Crippen LogP contribution in [0.5, 0.6) is 5.75 Å². The quantitative estimate of drug-likeness (QED) is 0.217. The summed E-state index contributed by atoms with van der Waals surface area (Å²) in [5.41, 5.74) is 9.56. The lowest BCUT2D eigenvalue weighted by molar-refractivity contribution is -0.00156. The molecule has 6 heteroatoms. The summed E-state index contributed by atoms with van der Waals surface area (Å²) in [7, 11) is -2.13. The third-order valence-corrected chi connectivity index (χ3v) is 7.13. The first-order valence-electron chi connectivity index (χ1n) is 8.24. The van der Waals surface area contributed by atoms with Gasteiger partial charge in [-0.15, -0.1) is 0 Å². The van der Waals surface area contributed by atoms with Gasteiger partial charge in [0.1, 0.15) is 5.75 Å². The van der Waals surface area contributed by atoms with E-state index in [1.165, 1.54) is 7.11 Å². The molecule has 0 aromatic heterocycles. The molecule has 0 spiro atoms. The van der Waals surface area contributed by atoms with Crippen molar-refractivity contribution < 1.29 is 18.9 Å². The van der Waals surface area contributed by atoms with Crippen LogP contribution in [0.3, 0.4) is 0 Å². The van der Waals surface area contributed by atoms with Crippen LogP contribution in [-0.2, 0) is 4.57 Å². The van der Waals surface area contributed by atoms with E-state index >= 15 is 0 Å². The lowest BCUT2D eigenvalue weighted by Crippen LogP contribution is -2.28. The van der Waals surface area contributed by atoms with Crippen molar-refractivity contribution in [1.29, 1.82) is 0 Å². The van der Waals surface area contributed by atoms with Crippen molar-refractivity contribution in [1.82, 2.24) is 0 Å². The van der Waals surface area contributed by atoms with E-state index in [0.717, 1.165) is 0 Å². The Bertz CT molecular complexity index is 998. The van der Waals surface area contributed by atoms with Crippen molar-refractivity contribution in [2.45, 2.75) is 0 Å². The number of nitrogens with zero attached hydrogens (tertiary/aromatic N) is 2. The predicted molar refractivity (Wildman–Crippen MR) is 106 cm³/mol. The third kappa shape index (κ3) is 3.52. The van der Waals surface area contributed by atoms with Gasteiger partial charge in [0.2, 0.25) is 0 Å². The maximum absolute atomic E-state index is 14.1. The van der Waals surface area contributed by atoms with Crippen molar-refractivity contribution in [3.63, 3.8) is 0 Å². The summed E-state index contributed by atoms with van der Waals surface area (Å²) in [5, 5.41) is 0.844. The smallest absolute Gasteiger partial charge is 0.402 e. The monoisotopic (exact) mass is 376 g/mol. The van der Waals surface area contributed by atoms with Crippen LogP contribution in [0.2, 0.25) is 0 Å². The molecule has 0 saturated carbocycles. The topological polar surface area (TPSA) is 79.8 Å². The molecule has 0 amide bonds. The van der Waals surface area contributed by atoms with Crippen LogP contribution in [0.25, 0.3) is 5.53 Å². The molecule has 5 nitrogen and oxygen atoms in total. The van der Waals surface area contributed by atoms with Crippen molar-refractivity contribution in [3.05, 3.63) is 96.0 Å². The van der Waals surface area contributed by atoms with E-state index in [2.05, 4.69) is 4.79 Å². The molecule has 3 aromatic carbocycles. The first kappa shape index (κ1) is 18.5. The van der Waals surface area contributed by atoms with Crippen molar-refractivity contribution in [2.24, 2.45) is 0 Å². The molecule has 0 N–H and O–H groups in total. The molecule has 3 aromatic rings. The molecular weight excluding hydrogens is 359 g/mol. The molecule has 0 bridgehead atoms. The van der Waals surface area contributed by atoms with Gasteiger partial charge in [-0.25, -0.2) is 0 Å². The Labute approximate surface area is 157 Å². The van der Waals surface area contributed by atoms with E-state index in [4.69, 9.17) is 4.74 Å². The van der Waals surface area contributed by atoms with Gasteiger partial charge in [0.05, 0.1) is 7.11 Å². The number of benzene rings is 3. The fourth-order valence-electron chi connectivity index (χ4n) is 2.79. The summed E-state index contributed by atoms with van der Waals surface area (Å²) in [5.74, 6) is -0.0143. The average molecular weight is 376 g/mol. The van der Waals surface area contributed by atoms with E-state index in [0.29, 0.717) is 16.4 Å². The molecule has 0 radical (unpaired) electrons. The van der Waals surface area contributed by atoms with E-state index in [9.17, 15) is 14.9 Å². The molecule has 134 valence electrons. The highest BCUT2D eigenvalue weighted by Crippen LogP contribution is 2.45. The van der Waals surface area contributed by atoms with Gasteiger partial charge in [-0.2, -0.15) is 4.79 Å². The minimum Gasteiger partial charge on any atom is -0.497 e. The third-order valence-electron chi connectivity index (χ3n) is 4.19. The number of ketones is 1. The van der Waals surface area contributed by atoms with Crippen LogP contribution in [-0.4, -0.2) is 23.1 Å². The fraction of sp³-hybridized carbons (Fsp3) is 0.0476. The number of hydrogen-bond acceptors (Lipinski definition) is 3. The molecule has 0 aliphatic rings. The molecule has 0 aliphatic carbocycles. The molecule has 0 aliphatic heterocycles. The van der Waals surface area contributed by atoms with Crippen molar-refractivity contribution >= 4 is 29.0 Å². The molecule has 0 heterocycles. The second-order valence-corrected chi connectivity index (χ2v) is 8.44. The van der Waals surface area contributed by atoms with Gasteiger partial charge in [0.15, 0.2) is 0 Å². The van der Waals surface area contributed by atoms with Gasteiger partial charge in [0, 0.05) is 16.2 Å². The summed E-state index contributed by atoms with van der Waals surface area (Å²) >= 11 is 0. The summed E-state index contributed by atoms with van der Waals surface area (Å²) in [6, 6.07) is 23.5. The van der Waals surface area contributed by atoms with Gasteiger partial charge in [-0.05, 0) is 24.3 Å². The maximum Gasteiger partial charge on any atom is 0.402 e. The van der Waals surface area contributed by atoms with Gasteiger partial charge in [-0.1, -0.05) is 60.7 Å². The summed E-state index contributed by atoms with van der Waals surface area (Å²) in [6.45, 7) is 0. The molecule has 0 saturated heterocycles. The average Bonchev–Trinajstić information content (AvgIpc) is 2.75. The second kappa shape index (κ2) is 7.96. The molecule has 0 fully saturated rings. The SMILES string of the molecule is COc1ccc(C(=O)C(=[N+]=[N-])P(=O)(c2ccccc2)c2ccccc2)cc1. The molecule has 0 atom stereocenters. The Morgan fingerprint density at radius 2 is 1.33 bits per heavy atom. The van der Waals surface area contributed by atoms with Gasteiger partial charge in [0.25, 0.3) is 12.9 Å². The van der Waals surface area contributed by atoms with Crippen molar-refractivity contribution in [2.75, 3.05) is 7.11 Å². The minimum absolute atomic E-state index is 0.260. The van der Waals surface area contributed by atoms with Gasteiger partial charge in [-0.3, -0.25) is 4.79 Å². The number of rotatable bonds is 6. The van der Waals surface area contributed by atoms with Crippen LogP contribution in [0.4, 0.5) is 0 Å². The first-order chi connectivity index (χ1) is 13.1. The zero-order valence-electron chi connectivity index (χ0n) is 14.6. The largest absolute Gasteiger partial charge is 0.497 e. The van der Waals surface area contributed by atoms with Crippen LogP contribution >= 0.6 is 7.14 Å². The highest BCUT2D eigenvalue weighted by Gasteiger charge is 2.45. The number of methoxy groups -OCH3 is 1. The predicted octanol–water partition coefficient (Wildman–Crippen LogP) is 3.52. The van der Waals surface area contributed by atoms with E-state index < -0.39 is 12.9 Å². The standard InChI is InChI=1S/C21H17N2O3P/c1-26-17-14-12-16(13-15-17)20(24)21(23-22)27(25,18-8-4-2-5-9-18)19-10-6-3-7-11-19/h2-15H,1H3.